The molecule has 0 radical (unpaired) electrons. The third kappa shape index (κ3) is 4.29. The van der Waals surface area contributed by atoms with Crippen LogP contribution in [-0.4, -0.2) is 45.7 Å². The molecule has 1 aromatic carbocycles. The number of benzene rings is 1. The maximum atomic E-state index is 12.2. The number of anilines is 1. The summed E-state index contributed by atoms with van der Waals surface area (Å²) in [6.45, 7) is 0. The number of hydrogen-bond acceptors (Lipinski definition) is 8. The highest BCUT2D eigenvalue weighted by Crippen LogP contribution is 2.30. The standard InChI is InChI=1S/C17H18N6O3S/c1-25-13-4-3-12(9-14(13)26-2)20-15(24)10-27-17-22-21-16(23(17)18)11-5-7-19-8-6-11/h3-9H,10,18H2,1-2H3,(H,20,24). The molecule has 3 aromatic rings. The summed E-state index contributed by atoms with van der Waals surface area (Å²) in [5, 5.41) is 11.3. The minimum atomic E-state index is -0.208. The number of methoxy groups -OCH3 is 2. The van der Waals surface area contributed by atoms with Gasteiger partial charge in [-0.1, -0.05) is 11.8 Å². The second-order valence-electron chi connectivity index (χ2n) is 5.32. The van der Waals surface area contributed by atoms with E-state index in [0.29, 0.717) is 28.2 Å². The summed E-state index contributed by atoms with van der Waals surface area (Å²) in [5.74, 6) is 7.57. The zero-order valence-corrected chi connectivity index (χ0v) is 15.6. The number of nitrogens with two attached hydrogens (primary N) is 1. The Hall–Kier alpha value is -3.27. The summed E-state index contributed by atoms with van der Waals surface area (Å²) < 4.78 is 11.8. The normalized spacial score (nSPS) is 10.4. The first kappa shape index (κ1) is 18.5. The topological polar surface area (TPSA) is 117 Å². The molecule has 0 saturated heterocycles. The van der Waals surface area contributed by atoms with Crippen LogP contribution in [0.4, 0.5) is 5.69 Å². The lowest BCUT2D eigenvalue weighted by Crippen LogP contribution is -2.16. The van der Waals surface area contributed by atoms with Crippen LogP contribution in [-0.2, 0) is 4.79 Å². The summed E-state index contributed by atoms with van der Waals surface area (Å²) in [6, 6.07) is 8.71. The Morgan fingerprint density at radius 2 is 1.89 bits per heavy atom. The molecule has 0 bridgehead atoms. The third-order valence-electron chi connectivity index (χ3n) is 3.60. The first-order valence-corrected chi connectivity index (χ1v) is 8.86. The van der Waals surface area contributed by atoms with Crippen LogP contribution in [0.1, 0.15) is 0 Å². The van der Waals surface area contributed by atoms with E-state index in [0.717, 1.165) is 5.56 Å². The predicted molar refractivity (Wildman–Crippen MR) is 102 cm³/mol. The minimum Gasteiger partial charge on any atom is -0.493 e. The number of carbonyl (C=O) groups excluding carboxylic acids is 1. The second-order valence-corrected chi connectivity index (χ2v) is 6.26. The van der Waals surface area contributed by atoms with E-state index in [2.05, 4.69) is 20.5 Å². The number of amides is 1. The molecule has 2 aromatic heterocycles. The summed E-state index contributed by atoms with van der Waals surface area (Å²) in [5.41, 5.74) is 1.39. The van der Waals surface area contributed by atoms with E-state index in [1.54, 1.807) is 49.8 Å². The molecule has 0 spiro atoms. The van der Waals surface area contributed by atoms with Crippen molar-refractivity contribution in [1.82, 2.24) is 19.9 Å². The lowest BCUT2D eigenvalue weighted by atomic mass is 10.2. The van der Waals surface area contributed by atoms with Gasteiger partial charge in [-0.3, -0.25) is 9.78 Å². The van der Waals surface area contributed by atoms with Crippen LogP contribution in [0, 0.1) is 0 Å². The number of hydrogen-bond donors (Lipinski definition) is 2. The van der Waals surface area contributed by atoms with Gasteiger partial charge in [0.1, 0.15) is 0 Å². The Labute approximate surface area is 159 Å². The maximum Gasteiger partial charge on any atom is 0.234 e. The van der Waals surface area contributed by atoms with Gasteiger partial charge in [-0.05, 0) is 24.3 Å². The Balaban J connectivity index is 1.62. The SMILES string of the molecule is COc1ccc(NC(=O)CSc2nnc(-c3ccncc3)n2N)cc1OC. The third-order valence-corrected chi connectivity index (χ3v) is 4.55. The lowest BCUT2D eigenvalue weighted by molar-refractivity contribution is -0.113. The monoisotopic (exact) mass is 386 g/mol. The Bertz CT molecular complexity index is 932. The highest BCUT2D eigenvalue weighted by Gasteiger charge is 2.14. The van der Waals surface area contributed by atoms with Crippen molar-refractivity contribution in [2.75, 3.05) is 31.1 Å². The van der Waals surface area contributed by atoms with Crippen LogP contribution in [0.5, 0.6) is 11.5 Å². The fourth-order valence-corrected chi connectivity index (χ4v) is 2.97. The fourth-order valence-electron chi connectivity index (χ4n) is 2.31. The molecule has 2 heterocycles. The van der Waals surface area contributed by atoms with Gasteiger partial charge in [0.2, 0.25) is 11.1 Å². The number of rotatable bonds is 7. The maximum absolute atomic E-state index is 12.2. The van der Waals surface area contributed by atoms with E-state index in [4.69, 9.17) is 15.3 Å². The van der Waals surface area contributed by atoms with Crippen molar-refractivity contribution in [3.8, 4) is 22.9 Å². The van der Waals surface area contributed by atoms with E-state index < -0.39 is 0 Å². The van der Waals surface area contributed by atoms with Crippen molar-refractivity contribution >= 4 is 23.4 Å². The molecule has 0 unspecified atom stereocenters. The molecule has 10 heteroatoms. The minimum absolute atomic E-state index is 0.125. The van der Waals surface area contributed by atoms with Crippen molar-refractivity contribution in [3.63, 3.8) is 0 Å². The summed E-state index contributed by atoms with van der Waals surface area (Å²) in [7, 11) is 3.09. The zero-order valence-electron chi connectivity index (χ0n) is 14.7. The molecule has 3 rings (SSSR count). The van der Waals surface area contributed by atoms with Crippen LogP contribution >= 0.6 is 11.8 Å². The molecular formula is C17H18N6O3S. The Morgan fingerprint density at radius 1 is 1.15 bits per heavy atom. The molecule has 0 aliphatic carbocycles. The molecule has 0 aliphatic rings. The summed E-state index contributed by atoms with van der Waals surface area (Å²) >= 11 is 1.19. The van der Waals surface area contributed by atoms with Crippen molar-refractivity contribution in [3.05, 3.63) is 42.7 Å². The molecule has 0 saturated carbocycles. The summed E-state index contributed by atoms with van der Waals surface area (Å²) in [4.78, 5) is 16.2. The molecule has 0 atom stereocenters. The number of nitrogens with one attached hydrogen (secondary N) is 1. The van der Waals surface area contributed by atoms with E-state index >= 15 is 0 Å². The molecule has 1 amide bonds. The van der Waals surface area contributed by atoms with Crippen LogP contribution < -0.4 is 20.6 Å². The van der Waals surface area contributed by atoms with Gasteiger partial charge in [-0.15, -0.1) is 10.2 Å². The number of ether oxygens (including phenoxy) is 2. The van der Waals surface area contributed by atoms with Crippen molar-refractivity contribution < 1.29 is 14.3 Å². The van der Waals surface area contributed by atoms with E-state index in [9.17, 15) is 4.79 Å². The average Bonchev–Trinajstić information content (AvgIpc) is 3.07. The van der Waals surface area contributed by atoms with Crippen LogP contribution in [0.15, 0.2) is 47.9 Å². The number of aromatic nitrogens is 4. The van der Waals surface area contributed by atoms with Gasteiger partial charge in [0.15, 0.2) is 17.3 Å². The number of thioether (sulfide) groups is 1. The van der Waals surface area contributed by atoms with E-state index in [1.165, 1.54) is 23.5 Å². The molecule has 3 N–H and O–H groups in total. The van der Waals surface area contributed by atoms with Gasteiger partial charge in [-0.25, -0.2) is 4.68 Å². The van der Waals surface area contributed by atoms with Crippen molar-refractivity contribution in [2.45, 2.75) is 5.16 Å². The van der Waals surface area contributed by atoms with E-state index in [-0.39, 0.29) is 11.7 Å². The quantitative estimate of drug-likeness (QED) is 0.466. The largest absolute Gasteiger partial charge is 0.493 e. The van der Waals surface area contributed by atoms with Crippen molar-refractivity contribution in [1.29, 1.82) is 0 Å². The second kappa shape index (κ2) is 8.41. The molecule has 27 heavy (non-hydrogen) atoms. The number of nitrogen functional groups attached to an aromatic ring is 1. The Morgan fingerprint density at radius 3 is 2.59 bits per heavy atom. The number of carbonyl (C=O) groups is 1. The van der Waals surface area contributed by atoms with Crippen LogP contribution in [0.25, 0.3) is 11.4 Å². The average molecular weight is 386 g/mol. The molecule has 0 aliphatic heterocycles. The number of nitrogens with zero attached hydrogens (tertiary/aromatic N) is 4. The lowest BCUT2D eigenvalue weighted by Gasteiger charge is -2.10. The first-order chi connectivity index (χ1) is 13.1. The fraction of sp³-hybridized carbons (Fsp3) is 0.176. The van der Waals surface area contributed by atoms with E-state index in [1.807, 2.05) is 0 Å². The molecule has 0 fully saturated rings. The van der Waals surface area contributed by atoms with Gasteiger partial charge < -0.3 is 20.6 Å². The highest BCUT2D eigenvalue weighted by atomic mass is 32.2. The zero-order chi connectivity index (χ0) is 19.2. The highest BCUT2D eigenvalue weighted by molar-refractivity contribution is 7.99. The van der Waals surface area contributed by atoms with Gasteiger partial charge in [-0.2, -0.15) is 0 Å². The van der Waals surface area contributed by atoms with Crippen LogP contribution in [0.3, 0.4) is 0 Å². The van der Waals surface area contributed by atoms with Crippen LogP contribution in [0.2, 0.25) is 0 Å². The van der Waals surface area contributed by atoms with Gasteiger partial charge >= 0.3 is 0 Å². The number of pyridine rings is 1. The summed E-state index contributed by atoms with van der Waals surface area (Å²) in [6.07, 6.45) is 3.29. The van der Waals surface area contributed by atoms with Gasteiger partial charge in [0.25, 0.3) is 0 Å². The predicted octanol–water partition coefficient (Wildman–Crippen LogP) is 1.80. The van der Waals surface area contributed by atoms with Gasteiger partial charge in [0.05, 0.1) is 20.0 Å². The Kier molecular flexibility index (Phi) is 5.77. The van der Waals surface area contributed by atoms with Gasteiger partial charge in [0, 0.05) is 29.7 Å². The smallest absolute Gasteiger partial charge is 0.234 e. The first-order valence-electron chi connectivity index (χ1n) is 7.88. The van der Waals surface area contributed by atoms with Crippen molar-refractivity contribution in [2.24, 2.45) is 0 Å². The molecular weight excluding hydrogens is 368 g/mol. The molecule has 140 valence electrons. The molecule has 9 nitrogen and oxygen atoms in total.